The van der Waals surface area contributed by atoms with Crippen molar-refractivity contribution in [3.05, 3.63) is 70.0 Å². The standard InChI is InChI=1S/C22H21N3O5/c1-14-9-11-24(12-10-14)22(27)20-19(17-7-2-3-8-18(17)30-20)23-21(26)15-5-4-6-16(13-15)25(28)29/h2-8,13-14H,9-12H2,1H3,(H,23,26). The van der Waals surface area contributed by atoms with Crippen LogP contribution in [0.15, 0.2) is 52.9 Å². The molecule has 1 aromatic heterocycles. The summed E-state index contributed by atoms with van der Waals surface area (Å²) in [6.07, 6.45) is 1.84. The lowest BCUT2D eigenvalue weighted by atomic mass is 9.99. The number of nitro groups is 1. The molecular formula is C22H21N3O5. The molecule has 4 rings (SSSR count). The van der Waals surface area contributed by atoms with E-state index in [1.807, 2.05) is 0 Å². The molecule has 3 aromatic rings. The van der Waals surface area contributed by atoms with Gasteiger partial charge in [-0.25, -0.2) is 0 Å². The van der Waals surface area contributed by atoms with E-state index in [1.165, 1.54) is 24.3 Å². The van der Waals surface area contributed by atoms with Crippen LogP contribution in [0.3, 0.4) is 0 Å². The van der Waals surface area contributed by atoms with Gasteiger partial charge in [0.05, 0.1) is 4.92 Å². The van der Waals surface area contributed by atoms with Crippen molar-refractivity contribution in [1.29, 1.82) is 0 Å². The number of furan rings is 1. The highest BCUT2D eigenvalue weighted by atomic mass is 16.6. The molecule has 0 aliphatic carbocycles. The molecule has 8 nitrogen and oxygen atoms in total. The van der Waals surface area contributed by atoms with E-state index in [9.17, 15) is 19.7 Å². The topological polar surface area (TPSA) is 106 Å². The summed E-state index contributed by atoms with van der Waals surface area (Å²) < 4.78 is 5.83. The monoisotopic (exact) mass is 407 g/mol. The average Bonchev–Trinajstić information content (AvgIpc) is 3.12. The minimum absolute atomic E-state index is 0.0736. The molecule has 2 amide bonds. The number of nitrogens with zero attached hydrogens (tertiary/aromatic N) is 2. The van der Waals surface area contributed by atoms with Gasteiger partial charge in [0.2, 0.25) is 5.76 Å². The molecule has 0 spiro atoms. The second-order valence-corrected chi connectivity index (χ2v) is 7.54. The van der Waals surface area contributed by atoms with Gasteiger partial charge < -0.3 is 14.6 Å². The third-order valence-corrected chi connectivity index (χ3v) is 5.42. The maximum Gasteiger partial charge on any atom is 0.291 e. The summed E-state index contributed by atoms with van der Waals surface area (Å²) in [6, 6.07) is 12.5. The van der Waals surface area contributed by atoms with Gasteiger partial charge in [0.25, 0.3) is 17.5 Å². The lowest BCUT2D eigenvalue weighted by Gasteiger charge is -2.29. The summed E-state index contributed by atoms with van der Waals surface area (Å²) in [5.41, 5.74) is 0.712. The Bertz CT molecular complexity index is 1130. The molecule has 30 heavy (non-hydrogen) atoms. The van der Waals surface area contributed by atoms with Crippen LogP contribution in [0.1, 0.15) is 40.7 Å². The third kappa shape index (κ3) is 3.76. The SMILES string of the molecule is CC1CCN(C(=O)c2oc3ccccc3c2NC(=O)c2cccc([N+](=O)[O-])c2)CC1. The molecule has 2 heterocycles. The van der Waals surface area contributed by atoms with Gasteiger partial charge in [0.1, 0.15) is 11.3 Å². The molecule has 154 valence electrons. The number of hydrogen-bond acceptors (Lipinski definition) is 5. The van der Waals surface area contributed by atoms with Gasteiger partial charge in [-0.05, 0) is 37.0 Å². The predicted octanol–water partition coefficient (Wildman–Crippen LogP) is 4.47. The van der Waals surface area contributed by atoms with Gasteiger partial charge in [0.15, 0.2) is 0 Å². The summed E-state index contributed by atoms with van der Waals surface area (Å²) in [4.78, 5) is 38.2. The number of anilines is 1. The number of likely N-dealkylation sites (tertiary alicyclic amines) is 1. The first-order valence-corrected chi connectivity index (χ1v) is 9.80. The molecule has 0 unspecified atom stereocenters. The maximum atomic E-state index is 13.1. The van der Waals surface area contributed by atoms with Crippen LogP contribution in [0.5, 0.6) is 0 Å². The lowest BCUT2D eigenvalue weighted by molar-refractivity contribution is -0.384. The number of hydrogen-bond donors (Lipinski definition) is 1. The van der Waals surface area contributed by atoms with E-state index in [0.717, 1.165) is 12.8 Å². The Balaban J connectivity index is 1.68. The maximum absolute atomic E-state index is 13.1. The van der Waals surface area contributed by atoms with Crippen LogP contribution >= 0.6 is 0 Å². The minimum Gasteiger partial charge on any atom is -0.449 e. The molecule has 2 aromatic carbocycles. The number of non-ortho nitro benzene ring substituents is 1. The van der Waals surface area contributed by atoms with Crippen LogP contribution in [0.4, 0.5) is 11.4 Å². The first-order valence-electron chi connectivity index (χ1n) is 9.80. The number of para-hydroxylation sites is 1. The number of carbonyl (C=O) groups is 2. The molecule has 1 fully saturated rings. The molecule has 1 aliphatic rings. The Morgan fingerprint density at radius 1 is 1.13 bits per heavy atom. The van der Waals surface area contributed by atoms with Crippen LogP contribution in [0.2, 0.25) is 0 Å². The molecule has 0 atom stereocenters. The van der Waals surface area contributed by atoms with Gasteiger partial charge in [-0.15, -0.1) is 0 Å². The Labute approximate surface area is 172 Å². The Morgan fingerprint density at radius 2 is 1.87 bits per heavy atom. The number of amides is 2. The summed E-state index contributed by atoms with van der Waals surface area (Å²) in [7, 11) is 0. The van der Waals surface area contributed by atoms with Gasteiger partial charge >= 0.3 is 0 Å². The zero-order valence-electron chi connectivity index (χ0n) is 16.5. The number of rotatable bonds is 4. The summed E-state index contributed by atoms with van der Waals surface area (Å²) in [5, 5.41) is 14.4. The fourth-order valence-corrected chi connectivity index (χ4v) is 3.62. The number of benzene rings is 2. The van der Waals surface area contributed by atoms with Crippen molar-refractivity contribution in [1.82, 2.24) is 4.90 Å². The summed E-state index contributed by atoms with van der Waals surface area (Å²) in [6.45, 7) is 3.43. The van der Waals surface area contributed by atoms with E-state index in [1.54, 1.807) is 29.2 Å². The van der Waals surface area contributed by atoms with Gasteiger partial charge in [-0.3, -0.25) is 19.7 Å². The second-order valence-electron chi connectivity index (χ2n) is 7.54. The molecule has 0 saturated carbocycles. The zero-order chi connectivity index (χ0) is 21.3. The molecule has 0 radical (unpaired) electrons. The smallest absolute Gasteiger partial charge is 0.291 e. The number of carbonyl (C=O) groups excluding carboxylic acids is 2. The number of fused-ring (bicyclic) bond motifs is 1. The fourth-order valence-electron chi connectivity index (χ4n) is 3.62. The number of piperidine rings is 1. The van der Waals surface area contributed by atoms with E-state index in [4.69, 9.17) is 4.42 Å². The van der Waals surface area contributed by atoms with Crippen LogP contribution < -0.4 is 5.32 Å². The van der Waals surface area contributed by atoms with E-state index in [0.29, 0.717) is 30.0 Å². The largest absolute Gasteiger partial charge is 0.449 e. The van der Waals surface area contributed by atoms with E-state index < -0.39 is 10.8 Å². The van der Waals surface area contributed by atoms with Gasteiger partial charge in [-0.1, -0.05) is 25.1 Å². The van der Waals surface area contributed by atoms with E-state index in [2.05, 4.69) is 12.2 Å². The molecule has 8 heteroatoms. The van der Waals surface area contributed by atoms with Crippen LogP contribution in [0.25, 0.3) is 11.0 Å². The quantitative estimate of drug-likeness (QED) is 0.507. The van der Waals surface area contributed by atoms with Crippen LogP contribution in [-0.4, -0.2) is 34.7 Å². The fraction of sp³-hybridized carbons (Fsp3) is 0.273. The average molecular weight is 407 g/mol. The highest BCUT2D eigenvalue weighted by molar-refractivity contribution is 6.14. The van der Waals surface area contributed by atoms with Crippen molar-refractivity contribution in [2.45, 2.75) is 19.8 Å². The predicted molar refractivity (Wildman–Crippen MR) is 112 cm³/mol. The van der Waals surface area contributed by atoms with Gasteiger partial charge in [-0.2, -0.15) is 0 Å². The third-order valence-electron chi connectivity index (χ3n) is 5.42. The van der Waals surface area contributed by atoms with Crippen molar-refractivity contribution in [2.75, 3.05) is 18.4 Å². The van der Waals surface area contributed by atoms with Crippen molar-refractivity contribution in [2.24, 2.45) is 5.92 Å². The van der Waals surface area contributed by atoms with Crippen LogP contribution in [-0.2, 0) is 0 Å². The van der Waals surface area contributed by atoms with Crippen molar-refractivity contribution in [3.63, 3.8) is 0 Å². The van der Waals surface area contributed by atoms with E-state index in [-0.39, 0.29) is 28.6 Å². The molecule has 1 saturated heterocycles. The Hall–Kier alpha value is -3.68. The highest BCUT2D eigenvalue weighted by Gasteiger charge is 2.29. The van der Waals surface area contributed by atoms with Crippen molar-refractivity contribution < 1.29 is 18.9 Å². The molecule has 1 N–H and O–H groups in total. The normalized spacial score (nSPS) is 14.6. The number of nitro benzene ring substituents is 1. The van der Waals surface area contributed by atoms with Gasteiger partial charge in [0, 0.05) is 36.2 Å². The molecule has 1 aliphatic heterocycles. The van der Waals surface area contributed by atoms with E-state index >= 15 is 0 Å². The Morgan fingerprint density at radius 3 is 2.60 bits per heavy atom. The summed E-state index contributed by atoms with van der Waals surface area (Å²) >= 11 is 0. The van der Waals surface area contributed by atoms with Crippen molar-refractivity contribution >= 4 is 34.2 Å². The number of nitrogens with one attached hydrogen (secondary N) is 1. The summed E-state index contributed by atoms with van der Waals surface area (Å²) in [5.74, 6) is -0.179. The first-order chi connectivity index (χ1) is 14.4. The second kappa shape index (κ2) is 7.98. The van der Waals surface area contributed by atoms with Crippen molar-refractivity contribution in [3.8, 4) is 0 Å². The van der Waals surface area contributed by atoms with Crippen LogP contribution in [0, 0.1) is 16.0 Å². The molecule has 0 bridgehead atoms. The minimum atomic E-state index is -0.559. The molecular weight excluding hydrogens is 386 g/mol. The first kappa shape index (κ1) is 19.6. The highest BCUT2D eigenvalue weighted by Crippen LogP contribution is 2.33. The zero-order valence-corrected chi connectivity index (χ0v) is 16.5. The lowest BCUT2D eigenvalue weighted by Crippen LogP contribution is -2.38. The Kier molecular flexibility index (Phi) is 5.22.